The smallest absolute Gasteiger partial charge is 0.324 e. The van der Waals surface area contributed by atoms with Crippen LogP contribution in [0.15, 0.2) is 18.2 Å². The number of carbonyl (C=O) groups excluding carboxylic acids is 3. The third kappa shape index (κ3) is 3.76. The van der Waals surface area contributed by atoms with Gasteiger partial charge in [0.2, 0.25) is 5.91 Å². The zero-order valence-corrected chi connectivity index (χ0v) is 15.8. The molecule has 1 spiro atoms. The van der Waals surface area contributed by atoms with E-state index in [1.165, 1.54) is 12.1 Å². The molecule has 1 aromatic rings. The van der Waals surface area contributed by atoms with Gasteiger partial charge in [-0.05, 0) is 49.8 Å². The number of nitrogens with one attached hydrogen (secondary N) is 2. The van der Waals surface area contributed by atoms with Gasteiger partial charge in [0.1, 0.15) is 18.2 Å². The summed E-state index contributed by atoms with van der Waals surface area (Å²) in [5.74, 6) is -0.243. The van der Waals surface area contributed by atoms with E-state index in [0.717, 1.165) is 24.2 Å². The number of benzene rings is 1. The van der Waals surface area contributed by atoms with Crippen LogP contribution in [0.3, 0.4) is 0 Å². The molecule has 2 aliphatic rings. The molecule has 1 aliphatic heterocycles. The summed E-state index contributed by atoms with van der Waals surface area (Å²) in [6.45, 7) is 1.77. The highest BCUT2D eigenvalue weighted by Gasteiger charge is 2.52. The van der Waals surface area contributed by atoms with Crippen molar-refractivity contribution in [1.82, 2.24) is 10.2 Å². The second-order valence-corrected chi connectivity index (χ2v) is 7.52. The summed E-state index contributed by atoms with van der Waals surface area (Å²) in [5.41, 5.74) is -0.163. The average molecular weight is 389 g/mol. The molecule has 0 unspecified atom stereocenters. The van der Waals surface area contributed by atoms with Gasteiger partial charge < -0.3 is 10.6 Å². The number of nitrogens with zero attached hydrogens (tertiary/aromatic N) is 2. The van der Waals surface area contributed by atoms with Crippen LogP contribution >= 0.6 is 11.6 Å². The number of nitriles is 1. The molecule has 7 nitrogen and oxygen atoms in total. The van der Waals surface area contributed by atoms with Crippen LogP contribution in [0.4, 0.5) is 10.5 Å². The molecular formula is C19H21ClN4O3. The van der Waals surface area contributed by atoms with E-state index in [2.05, 4.69) is 17.6 Å². The zero-order chi connectivity index (χ0) is 19.6. The number of rotatable bonds is 4. The summed E-state index contributed by atoms with van der Waals surface area (Å²) in [5, 5.41) is 14.5. The number of hydrogen-bond acceptors (Lipinski definition) is 4. The molecule has 1 saturated carbocycles. The Morgan fingerprint density at radius 1 is 1.41 bits per heavy atom. The van der Waals surface area contributed by atoms with Gasteiger partial charge in [0.15, 0.2) is 0 Å². The highest BCUT2D eigenvalue weighted by Crippen LogP contribution is 2.37. The lowest BCUT2D eigenvalue weighted by Crippen LogP contribution is -2.49. The quantitative estimate of drug-likeness (QED) is 0.774. The van der Waals surface area contributed by atoms with Gasteiger partial charge in [-0.2, -0.15) is 5.26 Å². The predicted molar refractivity (Wildman–Crippen MR) is 100 cm³/mol. The van der Waals surface area contributed by atoms with Crippen molar-refractivity contribution in [2.75, 3.05) is 11.9 Å². The number of urea groups is 1. The fourth-order valence-electron chi connectivity index (χ4n) is 3.76. The minimum Gasteiger partial charge on any atom is -0.324 e. The van der Waals surface area contributed by atoms with E-state index in [9.17, 15) is 14.4 Å². The standard InChI is InChI=1S/C19H21ClN4O3/c1-2-12-5-7-19(8-6-12)17(26)24(18(27)23-19)11-16(25)22-14-4-3-13(10-21)15(20)9-14/h3-4,9,12H,2,5-8,11H2,1H3,(H,22,25)(H,23,27). The molecule has 142 valence electrons. The number of imide groups is 1. The predicted octanol–water partition coefficient (Wildman–Crippen LogP) is 3.04. The van der Waals surface area contributed by atoms with E-state index in [1.807, 2.05) is 6.07 Å². The van der Waals surface area contributed by atoms with Crippen LogP contribution in [0.2, 0.25) is 5.02 Å². The monoisotopic (exact) mass is 388 g/mol. The Bertz CT molecular complexity index is 825. The summed E-state index contributed by atoms with van der Waals surface area (Å²) < 4.78 is 0. The van der Waals surface area contributed by atoms with E-state index in [4.69, 9.17) is 16.9 Å². The van der Waals surface area contributed by atoms with Gasteiger partial charge in [-0.25, -0.2) is 4.79 Å². The minimum atomic E-state index is -0.860. The van der Waals surface area contributed by atoms with E-state index in [1.54, 1.807) is 6.07 Å². The fourth-order valence-corrected chi connectivity index (χ4v) is 3.99. The Labute approximate surface area is 162 Å². The van der Waals surface area contributed by atoms with Crippen molar-refractivity contribution in [3.05, 3.63) is 28.8 Å². The molecule has 0 aromatic heterocycles. The second-order valence-electron chi connectivity index (χ2n) is 7.11. The van der Waals surface area contributed by atoms with Crippen molar-refractivity contribution in [2.45, 2.75) is 44.6 Å². The van der Waals surface area contributed by atoms with Gasteiger partial charge >= 0.3 is 6.03 Å². The third-order valence-electron chi connectivity index (χ3n) is 5.46. The maximum Gasteiger partial charge on any atom is 0.325 e. The molecule has 1 aromatic carbocycles. The van der Waals surface area contributed by atoms with Crippen LogP contribution in [0, 0.1) is 17.2 Å². The van der Waals surface area contributed by atoms with E-state index in [0.29, 0.717) is 30.0 Å². The summed E-state index contributed by atoms with van der Waals surface area (Å²) >= 11 is 5.95. The molecule has 2 N–H and O–H groups in total. The summed E-state index contributed by atoms with van der Waals surface area (Å²) in [6.07, 6.45) is 4.08. The van der Waals surface area contributed by atoms with Gasteiger partial charge in [0.25, 0.3) is 5.91 Å². The van der Waals surface area contributed by atoms with Crippen molar-refractivity contribution in [1.29, 1.82) is 5.26 Å². The van der Waals surface area contributed by atoms with Crippen molar-refractivity contribution < 1.29 is 14.4 Å². The first-order chi connectivity index (χ1) is 12.9. The Kier molecular flexibility index (Phi) is 5.38. The fraction of sp³-hybridized carbons (Fsp3) is 0.474. The minimum absolute atomic E-state index is 0.219. The second kappa shape index (κ2) is 7.57. The molecule has 1 heterocycles. The van der Waals surface area contributed by atoms with Crippen molar-refractivity contribution in [3.8, 4) is 6.07 Å². The van der Waals surface area contributed by atoms with Gasteiger partial charge in [0, 0.05) is 5.69 Å². The molecule has 2 fully saturated rings. The first-order valence-corrected chi connectivity index (χ1v) is 9.40. The van der Waals surface area contributed by atoms with Gasteiger partial charge in [0.05, 0.1) is 10.6 Å². The number of halogens is 1. The Morgan fingerprint density at radius 3 is 2.70 bits per heavy atom. The largest absolute Gasteiger partial charge is 0.325 e. The highest BCUT2D eigenvalue weighted by molar-refractivity contribution is 6.32. The van der Waals surface area contributed by atoms with Crippen molar-refractivity contribution >= 4 is 35.1 Å². The lowest BCUT2D eigenvalue weighted by molar-refractivity contribution is -0.135. The Morgan fingerprint density at radius 2 is 2.11 bits per heavy atom. The number of hydrogen-bond donors (Lipinski definition) is 2. The van der Waals surface area contributed by atoms with E-state index >= 15 is 0 Å². The molecule has 8 heteroatoms. The molecule has 1 saturated heterocycles. The Hall–Kier alpha value is -2.59. The molecule has 0 bridgehead atoms. The summed E-state index contributed by atoms with van der Waals surface area (Å²) in [7, 11) is 0. The first kappa shape index (κ1) is 19.2. The Balaban J connectivity index is 1.64. The number of carbonyl (C=O) groups is 3. The molecular weight excluding hydrogens is 368 g/mol. The van der Waals surface area contributed by atoms with Gasteiger partial charge in [-0.15, -0.1) is 0 Å². The van der Waals surface area contributed by atoms with E-state index < -0.39 is 17.5 Å². The maximum absolute atomic E-state index is 12.8. The van der Waals surface area contributed by atoms with Crippen LogP contribution in [0.5, 0.6) is 0 Å². The van der Waals surface area contributed by atoms with Crippen LogP contribution < -0.4 is 10.6 Å². The first-order valence-electron chi connectivity index (χ1n) is 9.02. The van der Waals surface area contributed by atoms with Gasteiger partial charge in [-0.1, -0.05) is 24.9 Å². The average Bonchev–Trinajstić information content (AvgIpc) is 2.87. The summed E-state index contributed by atoms with van der Waals surface area (Å²) in [4.78, 5) is 38.4. The topological polar surface area (TPSA) is 102 Å². The molecule has 27 heavy (non-hydrogen) atoms. The summed E-state index contributed by atoms with van der Waals surface area (Å²) in [6, 6.07) is 5.90. The lowest BCUT2D eigenvalue weighted by atomic mass is 9.75. The van der Waals surface area contributed by atoms with Crippen molar-refractivity contribution in [2.24, 2.45) is 5.92 Å². The van der Waals surface area contributed by atoms with Crippen LogP contribution in [0.25, 0.3) is 0 Å². The van der Waals surface area contributed by atoms with Gasteiger partial charge in [-0.3, -0.25) is 14.5 Å². The molecule has 0 radical (unpaired) electrons. The van der Waals surface area contributed by atoms with Crippen LogP contribution in [-0.2, 0) is 9.59 Å². The lowest BCUT2D eigenvalue weighted by Gasteiger charge is -2.34. The molecule has 4 amide bonds. The molecule has 0 atom stereocenters. The van der Waals surface area contributed by atoms with Crippen LogP contribution in [0.1, 0.15) is 44.6 Å². The zero-order valence-electron chi connectivity index (χ0n) is 15.0. The van der Waals surface area contributed by atoms with Crippen molar-refractivity contribution in [3.63, 3.8) is 0 Å². The SMILES string of the molecule is CCC1CCC2(CC1)NC(=O)N(CC(=O)Nc1ccc(C#N)c(Cl)c1)C2=O. The number of anilines is 1. The third-order valence-corrected chi connectivity index (χ3v) is 5.77. The van der Waals surface area contributed by atoms with E-state index in [-0.39, 0.29) is 17.5 Å². The highest BCUT2D eigenvalue weighted by atomic mass is 35.5. The van der Waals surface area contributed by atoms with Crippen LogP contribution in [-0.4, -0.2) is 34.8 Å². The number of amides is 4. The normalized spacial score (nSPS) is 24.6. The molecule has 1 aliphatic carbocycles. The molecule has 3 rings (SSSR count). The maximum atomic E-state index is 12.8.